The van der Waals surface area contributed by atoms with Gasteiger partial charge in [0.05, 0.1) is 12.6 Å². The van der Waals surface area contributed by atoms with Crippen molar-refractivity contribution in [2.24, 2.45) is 5.92 Å². The topological polar surface area (TPSA) is 219 Å². The lowest BCUT2D eigenvalue weighted by Crippen LogP contribution is -2.52. The smallest absolute Gasteiger partial charge is 0.471 e. The number of ether oxygens (including phenoxy) is 1. The maximum atomic E-state index is 13.6. The van der Waals surface area contributed by atoms with Crippen LogP contribution in [0.4, 0.5) is 18.0 Å². The minimum Gasteiger partial charge on any atom is -0.480 e. The highest BCUT2D eigenvalue weighted by Crippen LogP contribution is 2.31. The Hall–Kier alpha value is -4.22. The molecule has 5 atom stereocenters. The Balaban J connectivity index is 1.56. The molecule has 0 aromatic heterocycles. The van der Waals surface area contributed by atoms with E-state index in [0.717, 1.165) is 36.1 Å². The fourth-order valence-corrected chi connectivity index (χ4v) is 7.25. The highest BCUT2D eigenvalue weighted by atomic mass is 31.1. The van der Waals surface area contributed by atoms with Gasteiger partial charge in [0.1, 0.15) is 24.8 Å². The number of alkyl halides is 3. The second-order valence-corrected chi connectivity index (χ2v) is 15.5. The third-order valence-electron chi connectivity index (χ3n) is 9.94. The van der Waals surface area contributed by atoms with Gasteiger partial charge in [-0.05, 0) is 76.2 Å². The van der Waals surface area contributed by atoms with Crippen LogP contribution in [-0.2, 0) is 48.9 Å². The molecule has 1 aliphatic heterocycles. The van der Waals surface area contributed by atoms with Gasteiger partial charge in [-0.1, -0.05) is 56.5 Å². The van der Waals surface area contributed by atoms with Gasteiger partial charge in [-0.15, -0.1) is 0 Å². The van der Waals surface area contributed by atoms with E-state index in [9.17, 15) is 51.6 Å². The summed E-state index contributed by atoms with van der Waals surface area (Å²) in [6.07, 6.45) is -1.11. The van der Waals surface area contributed by atoms with E-state index in [-0.39, 0.29) is 76.8 Å². The minimum absolute atomic E-state index is 0.0144. The van der Waals surface area contributed by atoms with Crippen LogP contribution in [0.1, 0.15) is 102 Å². The van der Waals surface area contributed by atoms with E-state index >= 15 is 0 Å². The Bertz CT molecular complexity index is 1520. The largest absolute Gasteiger partial charge is 0.480 e. The second kappa shape index (κ2) is 25.3. The number of benzene rings is 1. The summed E-state index contributed by atoms with van der Waals surface area (Å²) in [6.45, 7) is 1.82. The average molecular weight is 848 g/mol. The molecule has 2 fully saturated rings. The van der Waals surface area contributed by atoms with Crippen LogP contribution in [0.25, 0.3) is 0 Å². The SMILES string of the molecule is CCCCC(CO[PH](=O)O[C@@H](CCCCNC(=O)C(F)(F)F)C(=O)N1CCC[C@H]1C(=O)O)NC(=O)[C@H](CCCCNC(=O)OCc1ccccc1)NC(=O)C1CCC1. The van der Waals surface area contributed by atoms with E-state index in [0.29, 0.717) is 32.1 Å². The molecule has 326 valence electrons. The van der Waals surface area contributed by atoms with Crippen molar-refractivity contribution in [1.82, 2.24) is 26.2 Å². The molecule has 2 aliphatic rings. The average Bonchev–Trinajstić information content (AvgIpc) is 3.66. The number of hydrogen-bond donors (Lipinski definition) is 5. The first kappa shape index (κ1) is 48.2. The summed E-state index contributed by atoms with van der Waals surface area (Å²) >= 11 is 0. The highest BCUT2D eigenvalue weighted by Gasteiger charge is 2.39. The van der Waals surface area contributed by atoms with Gasteiger partial charge in [-0.3, -0.25) is 28.3 Å². The zero-order chi connectivity index (χ0) is 42.5. The molecule has 1 aromatic rings. The van der Waals surface area contributed by atoms with E-state index in [1.54, 1.807) is 5.32 Å². The van der Waals surface area contributed by atoms with E-state index in [1.165, 1.54) is 0 Å². The molecule has 1 aliphatic carbocycles. The van der Waals surface area contributed by atoms with E-state index in [1.807, 2.05) is 37.3 Å². The first-order valence-electron chi connectivity index (χ1n) is 20.0. The molecular formula is C38H57F3N5O11P. The van der Waals surface area contributed by atoms with Crippen LogP contribution in [0.3, 0.4) is 0 Å². The summed E-state index contributed by atoms with van der Waals surface area (Å²) in [5.41, 5.74) is 0.844. The number of alkyl carbamates (subject to hydrolysis) is 1. The molecule has 0 bridgehead atoms. The van der Waals surface area contributed by atoms with Crippen LogP contribution in [0.5, 0.6) is 0 Å². The molecule has 0 spiro atoms. The van der Waals surface area contributed by atoms with Crippen molar-refractivity contribution in [3.8, 4) is 0 Å². The Labute approximate surface area is 337 Å². The lowest BCUT2D eigenvalue weighted by atomic mass is 9.84. The van der Waals surface area contributed by atoms with Gasteiger partial charge in [-0.2, -0.15) is 13.2 Å². The van der Waals surface area contributed by atoms with Crippen molar-refractivity contribution in [2.45, 2.75) is 134 Å². The zero-order valence-electron chi connectivity index (χ0n) is 32.8. The number of unbranched alkanes of at least 4 members (excludes halogenated alkanes) is 3. The van der Waals surface area contributed by atoms with Gasteiger partial charge in [0, 0.05) is 25.6 Å². The number of aliphatic carboxylic acids is 1. The van der Waals surface area contributed by atoms with Crippen LogP contribution in [0.15, 0.2) is 30.3 Å². The highest BCUT2D eigenvalue weighted by molar-refractivity contribution is 7.33. The summed E-state index contributed by atoms with van der Waals surface area (Å²) in [5.74, 6) is -4.98. The number of likely N-dealkylation sites (tertiary alicyclic amines) is 1. The predicted molar refractivity (Wildman–Crippen MR) is 204 cm³/mol. The standard InChI is InChI=1S/C38H57F3N5O11P/c1-2-3-17-28(25-56-58(54)57-31(20-8-10-21-42-36(52)38(39,40)41)34(49)46-23-12-19-30(46)35(50)51)44-33(48)29(45-32(47)27-15-11-16-27)18-7-9-22-43-37(53)55-24-26-13-5-4-6-14-26/h4-6,13-14,27-31,58H,2-3,7-12,15-25H2,1H3,(H,42,52)(H,43,53)(H,44,48)(H,45,47)(H,50,51)/t28?,29-,30-,31-/m0/s1. The van der Waals surface area contributed by atoms with Gasteiger partial charge < -0.3 is 40.5 Å². The van der Waals surface area contributed by atoms with Crippen molar-refractivity contribution in [1.29, 1.82) is 0 Å². The number of carbonyl (C=O) groups excluding carboxylic acids is 5. The Morgan fingerprint density at radius 3 is 2.22 bits per heavy atom. The number of carbonyl (C=O) groups is 6. The van der Waals surface area contributed by atoms with E-state index in [4.69, 9.17) is 13.8 Å². The number of nitrogens with zero attached hydrogens (tertiary/aromatic N) is 1. The van der Waals surface area contributed by atoms with Crippen molar-refractivity contribution < 1.29 is 65.4 Å². The van der Waals surface area contributed by atoms with Crippen molar-refractivity contribution in [3.63, 3.8) is 0 Å². The molecule has 1 heterocycles. The maximum Gasteiger partial charge on any atom is 0.471 e. The second-order valence-electron chi connectivity index (χ2n) is 14.5. The van der Waals surface area contributed by atoms with Crippen LogP contribution in [-0.4, -0.2) is 102 Å². The first-order chi connectivity index (χ1) is 27.7. The molecule has 5 amide bonds. The number of hydrogen-bond acceptors (Lipinski definition) is 10. The molecule has 16 nitrogen and oxygen atoms in total. The van der Waals surface area contributed by atoms with Gasteiger partial charge in [0.25, 0.3) is 5.91 Å². The normalized spacial score (nSPS) is 17.6. The summed E-state index contributed by atoms with van der Waals surface area (Å²) in [7, 11) is -3.45. The van der Waals surface area contributed by atoms with E-state index in [2.05, 4.69) is 16.0 Å². The van der Waals surface area contributed by atoms with Crippen LogP contribution >= 0.6 is 8.25 Å². The molecule has 1 saturated heterocycles. The molecule has 2 unspecified atom stereocenters. The minimum atomic E-state index is -5.06. The Morgan fingerprint density at radius 1 is 0.897 bits per heavy atom. The molecule has 5 N–H and O–H groups in total. The lowest BCUT2D eigenvalue weighted by molar-refractivity contribution is -0.173. The summed E-state index contributed by atoms with van der Waals surface area (Å²) in [6, 6.07) is 6.51. The maximum absolute atomic E-state index is 13.6. The van der Waals surface area contributed by atoms with Crippen LogP contribution in [0.2, 0.25) is 0 Å². The predicted octanol–water partition coefficient (Wildman–Crippen LogP) is 4.76. The van der Waals surface area contributed by atoms with Gasteiger partial charge in [0.15, 0.2) is 0 Å². The van der Waals surface area contributed by atoms with Crippen LogP contribution in [0, 0.1) is 5.92 Å². The number of amides is 5. The number of carboxylic acid groups (broad SMARTS) is 1. The monoisotopic (exact) mass is 847 g/mol. The van der Waals surface area contributed by atoms with Gasteiger partial charge >= 0.3 is 32.4 Å². The van der Waals surface area contributed by atoms with Crippen molar-refractivity contribution >= 4 is 43.9 Å². The fraction of sp³-hybridized carbons (Fsp3) is 0.684. The zero-order valence-corrected chi connectivity index (χ0v) is 33.8. The van der Waals surface area contributed by atoms with Crippen LogP contribution < -0.4 is 21.3 Å². The number of carboxylic acids is 1. The summed E-state index contributed by atoms with van der Waals surface area (Å²) < 4.78 is 67.1. The van der Waals surface area contributed by atoms with Gasteiger partial charge in [-0.25, -0.2) is 9.59 Å². The lowest BCUT2D eigenvalue weighted by Gasteiger charge is -2.28. The third-order valence-corrected chi connectivity index (χ3v) is 10.8. The molecule has 0 radical (unpaired) electrons. The first-order valence-corrected chi connectivity index (χ1v) is 21.2. The Morgan fingerprint density at radius 2 is 1.59 bits per heavy atom. The molecule has 20 heteroatoms. The summed E-state index contributed by atoms with van der Waals surface area (Å²) in [4.78, 5) is 76.1. The number of rotatable bonds is 26. The van der Waals surface area contributed by atoms with Gasteiger partial charge in [0.2, 0.25) is 11.8 Å². The Kier molecular flexibility index (Phi) is 21.0. The summed E-state index contributed by atoms with van der Waals surface area (Å²) in [5, 5.41) is 19.7. The fourth-order valence-electron chi connectivity index (χ4n) is 6.40. The number of halogens is 3. The molecule has 3 rings (SSSR count). The third kappa shape index (κ3) is 17.3. The molecule has 1 aromatic carbocycles. The molecular weight excluding hydrogens is 790 g/mol. The number of nitrogens with one attached hydrogen (secondary N) is 4. The quantitative estimate of drug-likeness (QED) is 0.0633. The van der Waals surface area contributed by atoms with Crippen molar-refractivity contribution in [3.05, 3.63) is 35.9 Å². The molecule has 1 saturated carbocycles. The molecule has 58 heavy (non-hydrogen) atoms. The van der Waals surface area contributed by atoms with Crippen molar-refractivity contribution in [2.75, 3.05) is 26.2 Å². The van der Waals surface area contributed by atoms with E-state index < -0.39 is 68.4 Å².